The number of carbonyl (C=O) groups is 3. The Bertz CT molecular complexity index is 1250. The Morgan fingerprint density at radius 1 is 1.42 bits per heavy atom. The van der Waals surface area contributed by atoms with Crippen LogP contribution in [0.1, 0.15) is 30.0 Å². The maximum atomic E-state index is 12.3. The molecule has 3 N–H and O–H groups in total. The van der Waals surface area contributed by atoms with Crippen molar-refractivity contribution in [3.8, 4) is 5.75 Å². The second-order valence-corrected chi connectivity index (χ2v) is 7.31. The van der Waals surface area contributed by atoms with E-state index >= 15 is 0 Å². The van der Waals surface area contributed by atoms with E-state index in [2.05, 4.69) is 25.6 Å². The van der Waals surface area contributed by atoms with E-state index in [1.807, 2.05) is 6.07 Å². The van der Waals surface area contributed by atoms with Gasteiger partial charge in [0.1, 0.15) is 17.1 Å². The molecule has 0 spiro atoms. The summed E-state index contributed by atoms with van der Waals surface area (Å²) in [6.07, 6.45) is 2.30. The van der Waals surface area contributed by atoms with Gasteiger partial charge in [0.2, 0.25) is 17.5 Å². The first-order valence-electron chi connectivity index (χ1n) is 9.66. The highest BCUT2D eigenvalue weighted by Crippen LogP contribution is 2.34. The van der Waals surface area contributed by atoms with Gasteiger partial charge < -0.3 is 15.0 Å². The van der Waals surface area contributed by atoms with Crippen molar-refractivity contribution in [2.75, 3.05) is 11.9 Å². The average Bonchev–Trinajstić information content (AvgIpc) is 3.26. The molecule has 3 amide bonds. The summed E-state index contributed by atoms with van der Waals surface area (Å²) in [6.45, 7) is 8.72. The van der Waals surface area contributed by atoms with Gasteiger partial charge in [-0.15, -0.1) is 0 Å². The number of piperidine rings is 1. The number of hydrogen-bond donors (Lipinski definition) is 3. The number of amides is 3. The van der Waals surface area contributed by atoms with Crippen LogP contribution in [0.25, 0.3) is 15.7 Å². The highest BCUT2D eigenvalue weighted by molar-refractivity contribution is 6.03. The van der Waals surface area contributed by atoms with Crippen LogP contribution in [0.2, 0.25) is 0 Å². The fourth-order valence-electron chi connectivity index (χ4n) is 3.73. The molecule has 0 bridgehead atoms. The highest BCUT2D eigenvalue weighted by Gasteiger charge is 2.32. The second kappa shape index (κ2) is 7.95. The third-order valence-corrected chi connectivity index (χ3v) is 5.20. The Kier molecular flexibility index (Phi) is 5.17. The fourth-order valence-corrected chi connectivity index (χ4v) is 3.73. The number of para-hydroxylation sites is 1. The Morgan fingerprint density at radius 3 is 2.97 bits per heavy atom. The molecule has 31 heavy (non-hydrogen) atoms. The quantitative estimate of drug-likeness (QED) is 0.432. The molecule has 1 aliphatic rings. The van der Waals surface area contributed by atoms with Gasteiger partial charge in [-0.2, -0.15) is 5.10 Å². The van der Waals surface area contributed by atoms with Crippen molar-refractivity contribution in [1.29, 1.82) is 0 Å². The van der Waals surface area contributed by atoms with Crippen molar-refractivity contribution in [1.82, 2.24) is 20.1 Å². The summed E-state index contributed by atoms with van der Waals surface area (Å²) >= 11 is 0. The minimum Gasteiger partial charge on any atom is -0.481 e. The minimum atomic E-state index is -0.525. The maximum Gasteiger partial charge on any atom is 0.262 e. The maximum absolute atomic E-state index is 12.3. The average molecular weight is 420 g/mol. The number of aromatic nitrogens is 3. The Balaban J connectivity index is 1.54. The molecule has 1 unspecified atom stereocenters. The standard InChI is InChI=1S/C21H20N6O4/c1-11-9-23-20(17(11)22-2)24-16(29)10-31-14-6-4-5-12-18(26-27(3)19(12)14)13-7-8-15(28)25-21(13)30/h4-6,9,13,23H,7-8,10H2,1,3H3,(H,24,29)(H,25,28,30). The zero-order chi connectivity index (χ0) is 22.1. The first-order chi connectivity index (χ1) is 14.9. The lowest BCUT2D eigenvalue weighted by Gasteiger charge is -2.19. The molecule has 1 atom stereocenters. The van der Waals surface area contributed by atoms with E-state index in [0.717, 1.165) is 10.9 Å². The smallest absolute Gasteiger partial charge is 0.262 e. The lowest BCUT2D eigenvalue weighted by Crippen LogP contribution is -2.39. The van der Waals surface area contributed by atoms with Gasteiger partial charge in [-0.1, -0.05) is 12.1 Å². The molecular formula is C21H20N6O4. The van der Waals surface area contributed by atoms with E-state index in [0.29, 0.717) is 34.9 Å². The number of carbonyl (C=O) groups excluding carboxylic acids is 3. The number of H-pyrrole nitrogens is 1. The molecule has 0 radical (unpaired) electrons. The van der Waals surface area contributed by atoms with Crippen molar-refractivity contribution in [3.63, 3.8) is 0 Å². The number of nitrogens with zero attached hydrogens (tertiary/aromatic N) is 3. The summed E-state index contributed by atoms with van der Waals surface area (Å²) in [6, 6.07) is 5.31. The third-order valence-electron chi connectivity index (χ3n) is 5.20. The molecule has 0 aliphatic carbocycles. The number of rotatable bonds is 5. The van der Waals surface area contributed by atoms with Crippen molar-refractivity contribution < 1.29 is 19.1 Å². The van der Waals surface area contributed by atoms with Gasteiger partial charge in [0.25, 0.3) is 5.91 Å². The summed E-state index contributed by atoms with van der Waals surface area (Å²) in [5.41, 5.74) is 2.32. The molecule has 10 heteroatoms. The number of anilines is 1. The van der Waals surface area contributed by atoms with Gasteiger partial charge >= 0.3 is 0 Å². The Morgan fingerprint density at radius 2 is 2.23 bits per heavy atom. The summed E-state index contributed by atoms with van der Waals surface area (Å²) in [5.74, 6) is -0.817. The number of ether oxygens (including phenoxy) is 1. The van der Waals surface area contributed by atoms with E-state index in [-0.39, 0.29) is 24.8 Å². The predicted octanol–water partition coefficient (Wildman–Crippen LogP) is 2.30. The number of hydrogen-bond acceptors (Lipinski definition) is 5. The minimum absolute atomic E-state index is 0.260. The molecule has 1 aliphatic heterocycles. The van der Waals surface area contributed by atoms with E-state index in [1.165, 1.54) is 0 Å². The molecule has 1 aromatic carbocycles. The van der Waals surface area contributed by atoms with Crippen molar-refractivity contribution in [2.45, 2.75) is 25.7 Å². The molecule has 3 aromatic rings. The second-order valence-electron chi connectivity index (χ2n) is 7.31. The van der Waals surface area contributed by atoms with Crippen LogP contribution in [-0.4, -0.2) is 39.1 Å². The van der Waals surface area contributed by atoms with Gasteiger partial charge in [0.15, 0.2) is 6.61 Å². The summed E-state index contributed by atoms with van der Waals surface area (Å²) in [4.78, 5) is 42.4. The molecule has 3 heterocycles. The van der Waals surface area contributed by atoms with Crippen LogP contribution in [0.5, 0.6) is 5.75 Å². The lowest BCUT2D eigenvalue weighted by atomic mass is 9.93. The van der Waals surface area contributed by atoms with Crippen LogP contribution in [0, 0.1) is 13.5 Å². The largest absolute Gasteiger partial charge is 0.481 e. The molecule has 1 saturated heterocycles. The van der Waals surface area contributed by atoms with Crippen LogP contribution in [0.15, 0.2) is 24.4 Å². The van der Waals surface area contributed by atoms with Crippen molar-refractivity contribution >= 4 is 40.1 Å². The van der Waals surface area contributed by atoms with Crippen LogP contribution in [0.3, 0.4) is 0 Å². The number of aromatic amines is 1. The molecule has 2 aromatic heterocycles. The predicted molar refractivity (Wildman–Crippen MR) is 112 cm³/mol. The topological polar surface area (TPSA) is 122 Å². The van der Waals surface area contributed by atoms with Gasteiger partial charge in [-0.05, 0) is 31.2 Å². The highest BCUT2D eigenvalue weighted by atomic mass is 16.5. The monoisotopic (exact) mass is 420 g/mol. The molecule has 10 nitrogen and oxygen atoms in total. The molecule has 0 saturated carbocycles. The number of benzene rings is 1. The summed E-state index contributed by atoms with van der Waals surface area (Å²) in [7, 11) is 1.73. The zero-order valence-electron chi connectivity index (χ0n) is 17.0. The normalized spacial score (nSPS) is 16.1. The fraction of sp³-hybridized carbons (Fsp3) is 0.286. The van der Waals surface area contributed by atoms with Gasteiger partial charge in [0, 0.05) is 18.9 Å². The van der Waals surface area contributed by atoms with Gasteiger partial charge in [-0.3, -0.25) is 24.4 Å². The number of aryl methyl sites for hydroxylation is 2. The first-order valence-corrected chi connectivity index (χ1v) is 9.66. The summed E-state index contributed by atoms with van der Waals surface area (Å²) in [5, 5.41) is 10.2. The van der Waals surface area contributed by atoms with E-state index < -0.39 is 11.8 Å². The van der Waals surface area contributed by atoms with Crippen LogP contribution < -0.4 is 15.4 Å². The van der Waals surface area contributed by atoms with Gasteiger partial charge in [-0.25, -0.2) is 4.85 Å². The van der Waals surface area contributed by atoms with Crippen molar-refractivity contribution in [2.24, 2.45) is 7.05 Å². The first kappa shape index (κ1) is 20.2. The van der Waals surface area contributed by atoms with Crippen LogP contribution >= 0.6 is 0 Å². The van der Waals surface area contributed by atoms with Crippen LogP contribution in [-0.2, 0) is 21.4 Å². The molecule has 1 fully saturated rings. The molecule has 4 rings (SSSR count). The molecule has 158 valence electrons. The SMILES string of the molecule is [C-]#[N+]c1c(C)c[nH]c1NC(=O)COc1cccc2c(C3CCC(=O)NC3=O)nn(C)c12. The number of nitrogens with one attached hydrogen (secondary N) is 3. The Labute approximate surface area is 177 Å². The zero-order valence-corrected chi connectivity index (χ0v) is 17.0. The van der Waals surface area contributed by atoms with Crippen molar-refractivity contribution in [3.05, 3.63) is 47.1 Å². The summed E-state index contributed by atoms with van der Waals surface area (Å²) < 4.78 is 7.34. The third kappa shape index (κ3) is 3.73. The van der Waals surface area contributed by atoms with Crippen LogP contribution in [0.4, 0.5) is 11.5 Å². The van der Waals surface area contributed by atoms with E-state index in [4.69, 9.17) is 11.3 Å². The number of imide groups is 1. The lowest BCUT2D eigenvalue weighted by molar-refractivity contribution is -0.134. The van der Waals surface area contributed by atoms with E-state index in [1.54, 1.807) is 37.0 Å². The van der Waals surface area contributed by atoms with Gasteiger partial charge in [0.05, 0.1) is 18.2 Å². The van der Waals surface area contributed by atoms with E-state index in [9.17, 15) is 14.4 Å². The number of fused-ring (bicyclic) bond motifs is 1. The Hall–Kier alpha value is -4.13. The molecular weight excluding hydrogens is 400 g/mol.